The van der Waals surface area contributed by atoms with Crippen molar-refractivity contribution < 1.29 is 8.42 Å². The van der Waals surface area contributed by atoms with E-state index < -0.39 is 10.0 Å². The molecule has 24 heavy (non-hydrogen) atoms. The predicted molar refractivity (Wildman–Crippen MR) is 101 cm³/mol. The third kappa shape index (κ3) is 7.67. The van der Waals surface area contributed by atoms with Gasteiger partial charge in [0.1, 0.15) is 0 Å². The van der Waals surface area contributed by atoms with Gasteiger partial charge >= 0.3 is 0 Å². The van der Waals surface area contributed by atoms with Gasteiger partial charge in [-0.15, -0.1) is 24.8 Å². The summed E-state index contributed by atoms with van der Waals surface area (Å²) < 4.78 is 28.8. The van der Waals surface area contributed by atoms with E-state index in [2.05, 4.69) is 33.8 Å². The standard InChI is InChI=1S/C14H27N5O2S.2ClH/c1-13(2)10-19-11-14(16-12-19)22(20,21)17-4-3-7-18-8-5-15-6-9-18;;/h11-13,15,17H,3-10H2,1-2H3;2*1H. The minimum absolute atomic E-state index is 0. The number of sulfonamides is 1. The van der Waals surface area contributed by atoms with Crippen LogP contribution in [0.1, 0.15) is 20.3 Å². The summed E-state index contributed by atoms with van der Waals surface area (Å²) in [5, 5.41) is 3.41. The molecule has 0 atom stereocenters. The van der Waals surface area contributed by atoms with Gasteiger partial charge in [-0.25, -0.2) is 18.1 Å². The summed E-state index contributed by atoms with van der Waals surface area (Å²) >= 11 is 0. The Bertz CT molecular complexity index is 559. The fraction of sp³-hybridized carbons (Fsp3) is 0.786. The molecule has 2 heterocycles. The highest BCUT2D eigenvalue weighted by atomic mass is 35.5. The summed E-state index contributed by atoms with van der Waals surface area (Å²) in [6, 6.07) is 0. The second-order valence-corrected chi connectivity index (χ2v) is 7.86. The van der Waals surface area contributed by atoms with Crippen molar-refractivity contribution in [3.63, 3.8) is 0 Å². The summed E-state index contributed by atoms with van der Waals surface area (Å²) in [7, 11) is -3.49. The van der Waals surface area contributed by atoms with Gasteiger partial charge in [0.15, 0.2) is 5.03 Å². The molecule has 0 aliphatic carbocycles. The van der Waals surface area contributed by atoms with Crippen molar-refractivity contribution in [2.24, 2.45) is 5.92 Å². The molecule has 0 saturated carbocycles. The first-order valence-corrected chi connectivity index (χ1v) is 9.40. The molecule has 1 aliphatic rings. The van der Waals surface area contributed by atoms with E-state index in [0.29, 0.717) is 12.5 Å². The molecule has 2 N–H and O–H groups in total. The van der Waals surface area contributed by atoms with Crippen LogP contribution < -0.4 is 10.0 Å². The Morgan fingerprint density at radius 2 is 1.96 bits per heavy atom. The van der Waals surface area contributed by atoms with Crippen LogP contribution in [0.5, 0.6) is 0 Å². The van der Waals surface area contributed by atoms with Crippen LogP contribution in [-0.4, -0.2) is 62.1 Å². The Morgan fingerprint density at radius 1 is 1.29 bits per heavy atom. The molecule has 0 amide bonds. The molecule has 2 rings (SSSR count). The van der Waals surface area contributed by atoms with E-state index in [1.807, 2.05) is 4.57 Å². The zero-order valence-electron chi connectivity index (χ0n) is 14.3. The lowest BCUT2D eigenvalue weighted by Gasteiger charge is -2.26. The van der Waals surface area contributed by atoms with Gasteiger partial charge in [-0.2, -0.15) is 0 Å². The first-order valence-electron chi connectivity index (χ1n) is 7.92. The minimum Gasteiger partial charge on any atom is -0.336 e. The summed E-state index contributed by atoms with van der Waals surface area (Å²) in [6.07, 6.45) is 3.99. The van der Waals surface area contributed by atoms with Crippen molar-refractivity contribution in [2.45, 2.75) is 31.8 Å². The number of nitrogens with zero attached hydrogens (tertiary/aromatic N) is 3. The van der Waals surface area contributed by atoms with Crippen LogP contribution >= 0.6 is 24.8 Å². The van der Waals surface area contributed by atoms with Crippen LogP contribution in [0.4, 0.5) is 0 Å². The second kappa shape index (κ2) is 11.3. The maximum Gasteiger partial charge on any atom is 0.259 e. The van der Waals surface area contributed by atoms with Crippen LogP contribution in [0.3, 0.4) is 0 Å². The zero-order chi connectivity index (χ0) is 16.0. The topological polar surface area (TPSA) is 79.3 Å². The maximum absolute atomic E-state index is 12.2. The van der Waals surface area contributed by atoms with Gasteiger partial charge in [0.2, 0.25) is 0 Å². The molecule has 0 spiro atoms. The normalized spacial score (nSPS) is 15.8. The van der Waals surface area contributed by atoms with E-state index in [1.165, 1.54) is 0 Å². The van der Waals surface area contributed by atoms with Crippen molar-refractivity contribution in [2.75, 3.05) is 39.3 Å². The van der Waals surface area contributed by atoms with E-state index in [4.69, 9.17) is 0 Å². The highest BCUT2D eigenvalue weighted by Gasteiger charge is 2.17. The van der Waals surface area contributed by atoms with E-state index in [9.17, 15) is 8.42 Å². The van der Waals surface area contributed by atoms with Crippen molar-refractivity contribution in [3.8, 4) is 0 Å². The number of aromatic nitrogens is 2. The van der Waals surface area contributed by atoms with Crippen LogP contribution in [0.15, 0.2) is 17.6 Å². The number of rotatable bonds is 8. The lowest BCUT2D eigenvalue weighted by Crippen LogP contribution is -2.44. The highest BCUT2D eigenvalue weighted by Crippen LogP contribution is 2.07. The SMILES string of the molecule is CC(C)Cn1cnc(S(=O)(=O)NCCCN2CCNCC2)c1.Cl.Cl. The van der Waals surface area contributed by atoms with Crippen LogP contribution in [0.2, 0.25) is 0 Å². The first-order chi connectivity index (χ1) is 10.5. The maximum atomic E-state index is 12.2. The van der Waals surface area contributed by atoms with E-state index in [-0.39, 0.29) is 29.8 Å². The Labute approximate surface area is 157 Å². The summed E-state index contributed by atoms with van der Waals surface area (Å²) in [5.74, 6) is 0.455. The molecule has 0 bridgehead atoms. The highest BCUT2D eigenvalue weighted by molar-refractivity contribution is 7.89. The first kappa shape index (κ1) is 23.6. The van der Waals surface area contributed by atoms with Gasteiger partial charge in [0, 0.05) is 45.5 Å². The lowest BCUT2D eigenvalue weighted by atomic mass is 10.2. The van der Waals surface area contributed by atoms with Crippen LogP contribution in [-0.2, 0) is 16.6 Å². The number of halogens is 2. The number of nitrogens with one attached hydrogen (secondary N) is 2. The van der Waals surface area contributed by atoms with Gasteiger partial charge < -0.3 is 14.8 Å². The molecular formula is C14H29Cl2N5O2S. The van der Waals surface area contributed by atoms with E-state index in [1.54, 1.807) is 12.5 Å². The van der Waals surface area contributed by atoms with Crippen LogP contribution in [0.25, 0.3) is 0 Å². The summed E-state index contributed by atoms with van der Waals surface area (Å²) in [6.45, 7) is 10.4. The summed E-state index contributed by atoms with van der Waals surface area (Å²) in [4.78, 5) is 6.35. The Balaban J connectivity index is 0.00000264. The molecule has 7 nitrogen and oxygen atoms in total. The number of hydrogen-bond donors (Lipinski definition) is 2. The van der Waals surface area contributed by atoms with Gasteiger partial charge in [-0.1, -0.05) is 13.8 Å². The van der Waals surface area contributed by atoms with Gasteiger partial charge in [-0.3, -0.25) is 0 Å². The third-order valence-electron chi connectivity index (χ3n) is 3.61. The molecule has 1 aromatic rings. The average molecular weight is 402 g/mol. The Kier molecular flexibility index (Phi) is 11.1. The molecule has 10 heteroatoms. The lowest BCUT2D eigenvalue weighted by molar-refractivity contribution is 0.239. The van der Waals surface area contributed by atoms with Crippen molar-refractivity contribution in [3.05, 3.63) is 12.5 Å². The predicted octanol–water partition coefficient (Wildman–Crippen LogP) is 0.956. The summed E-state index contributed by atoms with van der Waals surface area (Å²) in [5.41, 5.74) is 0. The smallest absolute Gasteiger partial charge is 0.259 e. The molecule has 142 valence electrons. The molecule has 0 unspecified atom stereocenters. The van der Waals surface area contributed by atoms with Gasteiger partial charge in [0.05, 0.1) is 6.33 Å². The number of imidazole rings is 1. The fourth-order valence-electron chi connectivity index (χ4n) is 2.52. The minimum atomic E-state index is -3.49. The molecule has 1 aromatic heterocycles. The number of hydrogen-bond acceptors (Lipinski definition) is 5. The Hall–Kier alpha value is -0.380. The van der Waals surface area contributed by atoms with E-state index >= 15 is 0 Å². The number of piperazine rings is 1. The van der Waals surface area contributed by atoms with Crippen molar-refractivity contribution >= 4 is 34.8 Å². The van der Waals surface area contributed by atoms with Crippen molar-refractivity contribution in [1.82, 2.24) is 24.5 Å². The molecule has 0 radical (unpaired) electrons. The zero-order valence-corrected chi connectivity index (χ0v) is 16.7. The fourth-order valence-corrected chi connectivity index (χ4v) is 3.54. The van der Waals surface area contributed by atoms with Gasteiger partial charge in [0.25, 0.3) is 10.0 Å². The molecule has 0 aromatic carbocycles. The molecular weight excluding hydrogens is 373 g/mol. The third-order valence-corrected chi connectivity index (χ3v) is 4.96. The van der Waals surface area contributed by atoms with Crippen molar-refractivity contribution in [1.29, 1.82) is 0 Å². The average Bonchev–Trinajstić information content (AvgIpc) is 2.93. The monoisotopic (exact) mass is 401 g/mol. The molecule has 1 aliphatic heterocycles. The quantitative estimate of drug-likeness (QED) is 0.634. The van der Waals surface area contributed by atoms with Crippen LogP contribution in [0, 0.1) is 5.92 Å². The Morgan fingerprint density at radius 3 is 2.58 bits per heavy atom. The second-order valence-electron chi connectivity index (χ2n) is 6.15. The largest absolute Gasteiger partial charge is 0.336 e. The van der Waals surface area contributed by atoms with Gasteiger partial charge in [-0.05, 0) is 18.9 Å². The molecule has 1 fully saturated rings. The molecule has 1 saturated heterocycles. The van der Waals surface area contributed by atoms with E-state index in [0.717, 1.165) is 45.7 Å².